The molecule has 0 aliphatic carbocycles. The summed E-state index contributed by atoms with van der Waals surface area (Å²) in [7, 11) is 0. The van der Waals surface area contributed by atoms with Gasteiger partial charge in [0.05, 0.1) is 25.3 Å². The van der Waals surface area contributed by atoms with E-state index in [2.05, 4.69) is 10.1 Å². The van der Waals surface area contributed by atoms with Gasteiger partial charge < -0.3 is 15.3 Å². The third kappa shape index (κ3) is 5.19. The molecule has 1 heterocycles. The molecule has 0 aromatic heterocycles. The molecular weight excluding hydrogens is 299 g/mol. The van der Waals surface area contributed by atoms with Crippen molar-refractivity contribution in [3.63, 3.8) is 0 Å². The number of halogens is 3. The topological polar surface area (TPSA) is 60.1 Å². The Morgan fingerprint density at radius 2 is 1.86 bits per heavy atom. The highest BCUT2D eigenvalue weighted by molar-refractivity contribution is 5.81. The Labute approximate surface area is 126 Å². The Hall–Kier alpha value is -1.80. The summed E-state index contributed by atoms with van der Waals surface area (Å²) in [6.45, 7) is 3.46. The number of nitrogens with two attached hydrogens (primary N) is 1. The zero-order valence-corrected chi connectivity index (χ0v) is 12.0. The van der Waals surface area contributed by atoms with Crippen LogP contribution in [-0.4, -0.2) is 43.6 Å². The molecule has 0 unspecified atom stereocenters. The number of ether oxygens (including phenoxy) is 1. The predicted molar refractivity (Wildman–Crippen MR) is 75.1 cm³/mol. The van der Waals surface area contributed by atoms with E-state index in [1.165, 1.54) is 12.1 Å². The number of morpholine rings is 1. The summed E-state index contributed by atoms with van der Waals surface area (Å²) in [6.07, 6.45) is -4.33. The minimum atomic E-state index is -4.33. The van der Waals surface area contributed by atoms with E-state index in [0.717, 1.165) is 25.2 Å². The molecule has 1 aliphatic heterocycles. The maximum Gasteiger partial charge on any atom is 0.416 e. The standard InChI is InChI=1S/C14H18F3N3O2/c15-14(16,17)12-3-1-11(2-4-12)10-22-19-13(18)9-20-5-7-21-8-6-20/h1-4H,5-10H2,(H2,18,19). The molecule has 1 aromatic rings. The van der Waals surface area contributed by atoms with Crippen LogP contribution in [0.4, 0.5) is 13.2 Å². The van der Waals surface area contributed by atoms with Gasteiger partial charge in [-0.1, -0.05) is 17.3 Å². The average molecular weight is 317 g/mol. The van der Waals surface area contributed by atoms with Crippen LogP contribution in [0.5, 0.6) is 0 Å². The van der Waals surface area contributed by atoms with Crippen LogP contribution in [0.25, 0.3) is 0 Å². The van der Waals surface area contributed by atoms with Gasteiger partial charge in [0.2, 0.25) is 0 Å². The first-order valence-corrected chi connectivity index (χ1v) is 6.85. The van der Waals surface area contributed by atoms with Gasteiger partial charge in [-0.25, -0.2) is 0 Å². The normalized spacial score (nSPS) is 17.5. The minimum Gasteiger partial charge on any atom is -0.389 e. The average Bonchev–Trinajstić information content (AvgIpc) is 2.48. The summed E-state index contributed by atoms with van der Waals surface area (Å²) in [5, 5.41) is 3.77. The SMILES string of the molecule is NC(CN1CCOCC1)=NOCc1ccc(C(F)(F)F)cc1. The number of rotatable bonds is 5. The van der Waals surface area contributed by atoms with Crippen LogP contribution in [-0.2, 0) is 22.4 Å². The third-order valence-electron chi connectivity index (χ3n) is 3.18. The van der Waals surface area contributed by atoms with Gasteiger partial charge in [0.25, 0.3) is 0 Å². The maximum atomic E-state index is 12.4. The highest BCUT2D eigenvalue weighted by atomic mass is 19.4. The lowest BCUT2D eigenvalue weighted by Gasteiger charge is -2.25. The minimum absolute atomic E-state index is 0.0714. The molecule has 2 rings (SSSR count). The number of alkyl halides is 3. The van der Waals surface area contributed by atoms with Crippen LogP contribution in [0, 0.1) is 0 Å². The van der Waals surface area contributed by atoms with E-state index in [4.69, 9.17) is 15.3 Å². The number of amidine groups is 1. The summed E-state index contributed by atoms with van der Waals surface area (Å²) in [6, 6.07) is 4.74. The zero-order valence-electron chi connectivity index (χ0n) is 12.0. The first-order chi connectivity index (χ1) is 10.4. The molecule has 1 aromatic carbocycles. The number of hydrogen-bond acceptors (Lipinski definition) is 4. The molecule has 2 N–H and O–H groups in total. The monoisotopic (exact) mass is 317 g/mol. The molecule has 0 saturated carbocycles. The molecule has 0 radical (unpaired) electrons. The van der Waals surface area contributed by atoms with Gasteiger partial charge in [-0.15, -0.1) is 0 Å². The first kappa shape index (κ1) is 16.6. The van der Waals surface area contributed by atoms with Crippen molar-refractivity contribution < 1.29 is 22.7 Å². The number of benzene rings is 1. The molecule has 0 bridgehead atoms. The van der Waals surface area contributed by atoms with Crippen molar-refractivity contribution in [2.75, 3.05) is 32.8 Å². The van der Waals surface area contributed by atoms with Gasteiger partial charge in [0.1, 0.15) is 6.61 Å². The second kappa shape index (κ2) is 7.46. The van der Waals surface area contributed by atoms with Crippen LogP contribution in [0.3, 0.4) is 0 Å². The third-order valence-corrected chi connectivity index (χ3v) is 3.18. The molecule has 1 saturated heterocycles. The Morgan fingerprint density at radius 3 is 2.45 bits per heavy atom. The van der Waals surface area contributed by atoms with E-state index in [9.17, 15) is 13.2 Å². The Kier molecular flexibility index (Phi) is 5.62. The van der Waals surface area contributed by atoms with Crippen LogP contribution in [0.2, 0.25) is 0 Å². The Balaban J connectivity index is 1.78. The van der Waals surface area contributed by atoms with Gasteiger partial charge in [-0.05, 0) is 17.7 Å². The summed E-state index contributed by atoms with van der Waals surface area (Å²) < 4.78 is 42.5. The second-order valence-electron chi connectivity index (χ2n) is 4.94. The fraction of sp³-hybridized carbons (Fsp3) is 0.500. The molecule has 8 heteroatoms. The van der Waals surface area contributed by atoms with Crippen molar-refractivity contribution in [3.05, 3.63) is 35.4 Å². The molecule has 5 nitrogen and oxygen atoms in total. The lowest BCUT2D eigenvalue weighted by molar-refractivity contribution is -0.137. The highest BCUT2D eigenvalue weighted by Gasteiger charge is 2.29. The van der Waals surface area contributed by atoms with Crippen LogP contribution >= 0.6 is 0 Å². The number of hydrogen-bond donors (Lipinski definition) is 1. The van der Waals surface area contributed by atoms with Gasteiger partial charge in [-0.2, -0.15) is 13.2 Å². The zero-order chi connectivity index (χ0) is 16.0. The van der Waals surface area contributed by atoms with Crippen molar-refractivity contribution in [3.8, 4) is 0 Å². The van der Waals surface area contributed by atoms with Gasteiger partial charge in [0.15, 0.2) is 5.84 Å². The molecule has 0 amide bonds. The van der Waals surface area contributed by atoms with Crippen LogP contribution < -0.4 is 5.73 Å². The smallest absolute Gasteiger partial charge is 0.389 e. The Bertz CT molecular complexity index is 497. The highest BCUT2D eigenvalue weighted by Crippen LogP contribution is 2.29. The Morgan fingerprint density at radius 1 is 1.23 bits per heavy atom. The molecular formula is C14H18F3N3O2. The van der Waals surface area contributed by atoms with Gasteiger partial charge in [-0.3, -0.25) is 4.90 Å². The van der Waals surface area contributed by atoms with Crippen molar-refractivity contribution in [1.82, 2.24) is 4.90 Å². The van der Waals surface area contributed by atoms with Gasteiger partial charge >= 0.3 is 6.18 Å². The van der Waals surface area contributed by atoms with Crippen molar-refractivity contribution in [1.29, 1.82) is 0 Å². The molecule has 122 valence electrons. The van der Waals surface area contributed by atoms with Crippen molar-refractivity contribution >= 4 is 5.84 Å². The molecule has 0 atom stereocenters. The van der Waals surface area contributed by atoms with E-state index < -0.39 is 11.7 Å². The number of oxime groups is 1. The predicted octanol–water partition coefficient (Wildman–Crippen LogP) is 1.83. The van der Waals surface area contributed by atoms with E-state index in [1.807, 2.05) is 0 Å². The van der Waals surface area contributed by atoms with Gasteiger partial charge in [0, 0.05) is 13.1 Å². The van der Waals surface area contributed by atoms with E-state index >= 15 is 0 Å². The fourth-order valence-corrected chi connectivity index (χ4v) is 2.00. The van der Waals surface area contributed by atoms with E-state index in [-0.39, 0.29) is 6.61 Å². The fourth-order valence-electron chi connectivity index (χ4n) is 2.00. The summed E-state index contributed by atoms with van der Waals surface area (Å²) in [5.74, 6) is 0.328. The molecule has 1 fully saturated rings. The van der Waals surface area contributed by atoms with E-state index in [0.29, 0.717) is 31.2 Å². The number of nitrogens with zero attached hydrogens (tertiary/aromatic N) is 2. The summed E-state index contributed by atoms with van der Waals surface area (Å²) in [4.78, 5) is 7.16. The maximum absolute atomic E-state index is 12.4. The first-order valence-electron chi connectivity index (χ1n) is 6.85. The molecule has 0 spiro atoms. The summed E-state index contributed by atoms with van der Waals surface area (Å²) >= 11 is 0. The van der Waals surface area contributed by atoms with Crippen molar-refractivity contribution in [2.24, 2.45) is 10.9 Å². The lowest BCUT2D eigenvalue weighted by Crippen LogP contribution is -2.41. The lowest BCUT2D eigenvalue weighted by atomic mass is 10.1. The quantitative estimate of drug-likeness (QED) is 0.511. The van der Waals surface area contributed by atoms with Crippen LogP contribution in [0.15, 0.2) is 29.4 Å². The van der Waals surface area contributed by atoms with E-state index in [1.54, 1.807) is 0 Å². The second-order valence-corrected chi connectivity index (χ2v) is 4.94. The summed E-state index contributed by atoms with van der Waals surface area (Å²) in [5.41, 5.74) is 5.65. The van der Waals surface area contributed by atoms with Crippen LogP contribution in [0.1, 0.15) is 11.1 Å². The largest absolute Gasteiger partial charge is 0.416 e. The van der Waals surface area contributed by atoms with Crippen molar-refractivity contribution in [2.45, 2.75) is 12.8 Å². The molecule has 22 heavy (non-hydrogen) atoms. The molecule has 1 aliphatic rings.